The molecule has 2 atom stereocenters. The molecule has 9 nitrogen and oxygen atoms in total. The fraction of sp³-hybridized carbons (Fsp3) is 0.167. The zero-order valence-corrected chi connectivity index (χ0v) is 14.3. The number of non-ortho nitro benzene ring substituents is 1. The van der Waals surface area contributed by atoms with E-state index in [0.717, 1.165) is 4.09 Å². The predicted octanol–water partition coefficient (Wildman–Crippen LogP) is 1.34. The Bertz CT molecular complexity index is 780. The lowest BCUT2D eigenvalue weighted by Gasteiger charge is -2.06. The summed E-state index contributed by atoms with van der Waals surface area (Å²) < 4.78 is 13.4. The van der Waals surface area contributed by atoms with E-state index in [1.54, 1.807) is 0 Å². The Morgan fingerprint density at radius 2 is 2.04 bits per heavy atom. The minimum atomic E-state index is -1.78. The Morgan fingerprint density at radius 1 is 1.46 bits per heavy atom. The van der Waals surface area contributed by atoms with Crippen molar-refractivity contribution in [2.45, 2.75) is 22.5 Å². The molecule has 0 bridgehead atoms. The van der Waals surface area contributed by atoms with Crippen LogP contribution in [0.1, 0.15) is 5.69 Å². The lowest BCUT2D eigenvalue weighted by atomic mass is 10.2. The van der Waals surface area contributed by atoms with Gasteiger partial charge in [-0.05, 0) is 12.1 Å². The average molecular weight is 395 g/mol. The van der Waals surface area contributed by atoms with Crippen LogP contribution in [0.5, 0.6) is 0 Å². The number of aliphatic carboxylic acids is 1. The number of nitrogens with zero attached hydrogens (tertiary/aromatic N) is 3. The smallest absolute Gasteiger partial charge is 0.320 e. The van der Waals surface area contributed by atoms with Gasteiger partial charge in [0.25, 0.3) is 5.69 Å². The molecule has 0 aliphatic heterocycles. The van der Waals surface area contributed by atoms with Crippen LogP contribution in [-0.2, 0) is 22.0 Å². The van der Waals surface area contributed by atoms with E-state index in [4.69, 9.17) is 22.6 Å². The number of carboxylic acids is 1. The molecule has 0 aliphatic rings. The summed E-state index contributed by atoms with van der Waals surface area (Å²) in [6.07, 6.45) is 1.21. The maximum Gasteiger partial charge on any atom is 0.320 e. The minimum Gasteiger partial charge on any atom is -0.480 e. The first-order chi connectivity index (χ1) is 10.8. The van der Waals surface area contributed by atoms with Crippen molar-refractivity contribution in [1.82, 2.24) is 9.07 Å². The van der Waals surface area contributed by atoms with Gasteiger partial charge in [-0.25, -0.2) is 13.3 Å². The van der Waals surface area contributed by atoms with Crippen LogP contribution in [0.4, 0.5) is 5.69 Å². The van der Waals surface area contributed by atoms with Crippen molar-refractivity contribution in [3.05, 3.63) is 46.3 Å². The summed E-state index contributed by atoms with van der Waals surface area (Å²) in [6.45, 7) is 0. The number of rotatable bonds is 6. The third-order valence-electron chi connectivity index (χ3n) is 2.92. The first kappa shape index (κ1) is 20.0. The SMILES string of the molecule is Cl.N[C@@H](Cc1cnc(S(=O)c2ccc([N+](=O)[O-])cc2)n1Cl)C(=O)O. The number of benzene rings is 1. The number of halogens is 2. The number of hydrogen-bond acceptors (Lipinski definition) is 6. The highest BCUT2D eigenvalue weighted by atomic mass is 35.5. The van der Waals surface area contributed by atoms with E-state index in [0.29, 0.717) is 5.69 Å². The molecule has 0 radical (unpaired) electrons. The van der Waals surface area contributed by atoms with Crippen molar-refractivity contribution in [3.8, 4) is 0 Å². The van der Waals surface area contributed by atoms with Crippen molar-refractivity contribution in [2.24, 2.45) is 5.73 Å². The molecule has 24 heavy (non-hydrogen) atoms. The Labute approximate surface area is 149 Å². The number of hydrogen-bond donors (Lipinski definition) is 2. The van der Waals surface area contributed by atoms with Gasteiger partial charge in [0.1, 0.15) is 16.8 Å². The zero-order chi connectivity index (χ0) is 17.1. The summed E-state index contributed by atoms with van der Waals surface area (Å²) in [7, 11) is -1.78. The first-order valence-corrected chi connectivity index (χ1v) is 7.67. The van der Waals surface area contributed by atoms with Gasteiger partial charge in [0, 0.05) is 35.2 Å². The van der Waals surface area contributed by atoms with Gasteiger partial charge in [-0.1, -0.05) is 0 Å². The molecule has 0 saturated carbocycles. The summed E-state index contributed by atoms with van der Waals surface area (Å²) in [5.74, 6) is -1.19. The summed E-state index contributed by atoms with van der Waals surface area (Å²) in [6, 6.07) is 3.95. The maximum absolute atomic E-state index is 12.4. The number of nitro groups is 1. The zero-order valence-electron chi connectivity index (χ0n) is 11.9. The van der Waals surface area contributed by atoms with E-state index < -0.39 is 27.7 Å². The number of carboxylic acid groups (broad SMARTS) is 1. The monoisotopic (exact) mass is 394 g/mol. The molecule has 1 aromatic carbocycles. The van der Waals surface area contributed by atoms with Gasteiger partial charge in [0.05, 0.1) is 16.8 Å². The molecule has 1 aromatic heterocycles. The molecule has 0 saturated heterocycles. The highest BCUT2D eigenvalue weighted by Crippen LogP contribution is 2.21. The van der Waals surface area contributed by atoms with Gasteiger partial charge in [-0.2, -0.15) is 0 Å². The number of imidazole rings is 1. The standard InChI is InChI=1S/C12H11ClN4O5S.ClH/c13-16-8(5-10(14)11(18)19)6-15-12(16)23(22)9-3-1-7(2-4-9)17(20)21;/h1-4,6,10H,5,14H2,(H,18,19);1H/t10-,23?;/m0./s1. The second kappa shape index (κ2) is 8.20. The Hall–Kier alpha value is -2.01. The van der Waals surface area contributed by atoms with E-state index >= 15 is 0 Å². The Kier molecular flexibility index (Phi) is 6.84. The number of carbonyl (C=O) groups is 1. The van der Waals surface area contributed by atoms with E-state index in [-0.39, 0.29) is 34.6 Å². The quantitative estimate of drug-likeness (QED) is 0.555. The molecular weight excluding hydrogens is 383 g/mol. The normalized spacial score (nSPS) is 12.9. The average Bonchev–Trinajstić information content (AvgIpc) is 2.87. The van der Waals surface area contributed by atoms with Crippen LogP contribution in [0, 0.1) is 10.1 Å². The van der Waals surface area contributed by atoms with Crippen molar-refractivity contribution >= 4 is 46.6 Å². The molecule has 1 unspecified atom stereocenters. The molecule has 2 aromatic rings. The summed E-state index contributed by atoms with van der Waals surface area (Å²) >= 11 is 6.00. The number of nitrogens with two attached hydrogens (primary N) is 1. The van der Waals surface area contributed by atoms with E-state index in [9.17, 15) is 19.1 Å². The predicted molar refractivity (Wildman–Crippen MR) is 87.8 cm³/mol. The van der Waals surface area contributed by atoms with E-state index in [1.807, 2.05) is 0 Å². The first-order valence-electron chi connectivity index (χ1n) is 6.18. The summed E-state index contributed by atoms with van der Waals surface area (Å²) in [5, 5.41) is 19.4. The number of aromatic nitrogens is 2. The molecule has 0 amide bonds. The van der Waals surface area contributed by atoms with Crippen molar-refractivity contribution in [1.29, 1.82) is 0 Å². The second-order valence-electron chi connectivity index (χ2n) is 4.48. The van der Waals surface area contributed by atoms with Gasteiger partial charge in [-0.3, -0.25) is 14.9 Å². The topological polar surface area (TPSA) is 141 Å². The van der Waals surface area contributed by atoms with Gasteiger partial charge in [0.2, 0.25) is 5.16 Å². The molecule has 2 rings (SSSR count). The van der Waals surface area contributed by atoms with E-state index in [2.05, 4.69) is 4.98 Å². The van der Waals surface area contributed by atoms with Gasteiger partial charge >= 0.3 is 5.97 Å². The van der Waals surface area contributed by atoms with Crippen LogP contribution in [0.3, 0.4) is 0 Å². The van der Waals surface area contributed by atoms with E-state index in [1.165, 1.54) is 30.5 Å². The molecule has 3 N–H and O–H groups in total. The van der Waals surface area contributed by atoms with Crippen molar-refractivity contribution in [3.63, 3.8) is 0 Å². The minimum absolute atomic E-state index is 0. The third kappa shape index (κ3) is 4.29. The highest BCUT2D eigenvalue weighted by Gasteiger charge is 2.21. The molecular formula is C12H12Cl2N4O5S. The molecule has 130 valence electrons. The van der Waals surface area contributed by atoms with Crippen LogP contribution in [0.2, 0.25) is 0 Å². The lowest BCUT2D eigenvalue weighted by Crippen LogP contribution is -2.32. The van der Waals surface area contributed by atoms with Crippen molar-refractivity contribution < 1.29 is 19.0 Å². The molecule has 12 heteroatoms. The molecule has 0 fully saturated rings. The molecule has 0 spiro atoms. The fourth-order valence-corrected chi connectivity index (χ4v) is 3.07. The van der Waals surface area contributed by atoms with Crippen LogP contribution in [0.15, 0.2) is 40.5 Å². The second-order valence-corrected chi connectivity index (χ2v) is 6.19. The van der Waals surface area contributed by atoms with Crippen molar-refractivity contribution in [2.75, 3.05) is 0 Å². The largest absolute Gasteiger partial charge is 0.480 e. The fourth-order valence-electron chi connectivity index (χ4n) is 1.72. The van der Waals surface area contributed by atoms with Crippen LogP contribution >= 0.6 is 24.2 Å². The molecule has 1 heterocycles. The van der Waals surface area contributed by atoms with Crippen LogP contribution in [-0.4, -0.2) is 35.3 Å². The van der Waals surface area contributed by atoms with Crippen LogP contribution in [0.25, 0.3) is 0 Å². The molecule has 0 aliphatic carbocycles. The van der Waals surface area contributed by atoms with Gasteiger partial charge in [0.15, 0.2) is 0 Å². The van der Waals surface area contributed by atoms with Gasteiger partial charge < -0.3 is 10.8 Å². The summed E-state index contributed by atoms with van der Waals surface area (Å²) in [4.78, 5) is 25.0. The summed E-state index contributed by atoms with van der Waals surface area (Å²) in [5.41, 5.74) is 5.59. The highest BCUT2D eigenvalue weighted by molar-refractivity contribution is 7.85. The Balaban J connectivity index is 0.00000288. The number of nitro benzene ring substituents is 1. The third-order valence-corrected chi connectivity index (χ3v) is 4.72. The Morgan fingerprint density at radius 3 is 2.54 bits per heavy atom. The maximum atomic E-state index is 12.4. The van der Waals surface area contributed by atoms with Gasteiger partial charge in [-0.15, -0.1) is 12.4 Å². The van der Waals surface area contributed by atoms with Crippen LogP contribution < -0.4 is 5.73 Å². The lowest BCUT2D eigenvalue weighted by molar-refractivity contribution is -0.384.